The van der Waals surface area contributed by atoms with E-state index in [-0.39, 0.29) is 0 Å². The number of aryl methyl sites for hydroxylation is 2. The van der Waals surface area contributed by atoms with Crippen molar-refractivity contribution < 1.29 is 0 Å². The highest BCUT2D eigenvalue weighted by Crippen LogP contribution is 2.01. The lowest BCUT2D eigenvalue weighted by Crippen LogP contribution is -1.95. The Morgan fingerprint density at radius 2 is 2.45 bits per heavy atom. The monoisotopic (exact) mass is 216 g/mol. The Morgan fingerprint density at radius 3 is 3.09 bits per heavy atom. The first kappa shape index (κ1) is 8.78. The first-order valence-corrected chi connectivity index (χ1v) is 5.06. The topological polar surface area (TPSA) is 17.8 Å². The Morgan fingerprint density at radius 1 is 1.64 bits per heavy atom. The van der Waals surface area contributed by atoms with Crippen LogP contribution in [0.1, 0.15) is 18.9 Å². The van der Waals surface area contributed by atoms with Crippen LogP contribution < -0.4 is 0 Å². The molecule has 0 bridgehead atoms. The van der Waals surface area contributed by atoms with Crippen molar-refractivity contribution in [3.05, 3.63) is 18.0 Å². The molecule has 1 aromatic rings. The summed E-state index contributed by atoms with van der Waals surface area (Å²) >= 11 is 3.40. The van der Waals surface area contributed by atoms with Crippen LogP contribution in [0.3, 0.4) is 0 Å². The zero-order chi connectivity index (χ0) is 8.10. The highest BCUT2D eigenvalue weighted by molar-refractivity contribution is 9.09. The highest BCUT2D eigenvalue weighted by Gasteiger charge is 1.95. The number of hydrogen-bond acceptors (Lipinski definition) is 1. The first-order valence-electron chi connectivity index (χ1n) is 3.94. The van der Waals surface area contributed by atoms with E-state index >= 15 is 0 Å². The third-order valence-corrected chi connectivity index (χ3v) is 1.92. The Hall–Kier alpha value is -0.310. The molecule has 3 heteroatoms. The van der Waals surface area contributed by atoms with E-state index in [4.69, 9.17) is 0 Å². The average molecular weight is 217 g/mol. The predicted octanol–water partition coefficient (Wildman–Crippen LogP) is 2.23. The zero-order valence-electron chi connectivity index (χ0n) is 6.76. The summed E-state index contributed by atoms with van der Waals surface area (Å²) in [6, 6.07) is 0. The second-order valence-electron chi connectivity index (χ2n) is 2.55. The van der Waals surface area contributed by atoms with Gasteiger partial charge in [0.1, 0.15) is 0 Å². The average Bonchev–Trinajstić information content (AvgIpc) is 2.38. The maximum absolute atomic E-state index is 4.22. The lowest BCUT2D eigenvalue weighted by Gasteiger charge is -1.94. The van der Waals surface area contributed by atoms with Gasteiger partial charge in [-0.15, -0.1) is 0 Å². The molecule has 0 N–H and O–H groups in total. The van der Waals surface area contributed by atoms with Crippen molar-refractivity contribution in [2.75, 3.05) is 5.33 Å². The van der Waals surface area contributed by atoms with Crippen LogP contribution in [0.25, 0.3) is 0 Å². The molecule has 2 nitrogen and oxygen atoms in total. The van der Waals surface area contributed by atoms with Crippen molar-refractivity contribution >= 4 is 15.9 Å². The van der Waals surface area contributed by atoms with Crippen molar-refractivity contribution in [1.29, 1.82) is 0 Å². The van der Waals surface area contributed by atoms with E-state index in [1.807, 2.05) is 10.9 Å². The van der Waals surface area contributed by atoms with E-state index in [0.717, 1.165) is 24.7 Å². The number of rotatable bonds is 4. The molecule has 0 aliphatic rings. The minimum absolute atomic E-state index is 1.02. The van der Waals surface area contributed by atoms with Gasteiger partial charge in [0.25, 0.3) is 0 Å². The van der Waals surface area contributed by atoms with E-state index in [9.17, 15) is 0 Å². The standard InChI is InChI=1S/C8H13BrN2/c1-2-5-11-7-8(3-4-9)6-10-11/h6-7H,2-5H2,1H3. The zero-order valence-corrected chi connectivity index (χ0v) is 8.34. The molecular weight excluding hydrogens is 204 g/mol. The molecule has 0 radical (unpaired) electrons. The van der Waals surface area contributed by atoms with Crippen LogP contribution in [0.2, 0.25) is 0 Å². The van der Waals surface area contributed by atoms with Gasteiger partial charge in [-0.1, -0.05) is 22.9 Å². The molecule has 0 fully saturated rings. The molecule has 0 spiro atoms. The Kier molecular flexibility index (Phi) is 3.63. The molecule has 11 heavy (non-hydrogen) atoms. The predicted molar refractivity (Wildman–Crippen MR) is 50.0 cm³/mol. The molecule has 0 aliphatic carbocycles. The fraction of sp³-hybridized carbons (Fsp3) is 0.625. The fourth-order valence-corrected chi connectivity index (χ4v) is 1.45. The maximum Gasteiger partial charge on any atom is 0.0522 e. The third-order valence-electron chi connectivity index (χ3n) is 1.52. The molecule has 0 atom stereocenters. The van der Waals surface area contributed by atoms with Gasteiger partial charge in [0.05, 0.1) is 6.20 Å². The normalized spacial score (nSPS) is 10.4. The Labute approximate surface area is 75.7 Å². The second kappa shape index (κ2) is 4.54. The minimum Gasteiger partial charge on any atom is -0.272 e. The van der Waals surface area contributed by atoms with Crippen molar-refractivity contribution in [3.63, 3.8) is 0 Å². The summed E-state index contributed by atoms with van der Waals surface area (Å²) in [5, 5.41) is 5.24. The quantitative estimate of drug-likeness (QED) is 0.707. The van der Waals surface area contributed by atoms with E-state index < -0.39 is 0 Å². The van der Waals surface area contributed by atoms with Crippen LogP contribution in [0.4, 0.5) is 0 Å². The van der Waals surface area contributed by atoms with Gasteiger partial charge < -0.3 is 0 Å². The van der Waals surface area contributed by atoms with E-state index in [0.29, 0.717) is 0 Å². The van der Waals surface area contributed by atoms with Crippen molar-refractivity contribution in [2.45, 2.75) is 26.3 Å². The van der Waals surface area contributed by atoms with E-state index in [2.05, 4.69) is 34.1 Å². The molecule has 0 unspecified atom stereocenters. The van der Waals surface area contributed by atoms with Crippen LogP contribution in [-0.2, 0) is 13.0 Å². The van der Waals surface area contributed by atoms with Crippen molar-refractivity contribution in [1.82, 2.24) is 9.78 Å². The van der Waals surface area contributed by atoms with Gasteiger partial charge in [0.15, 0.2) is 0 Å². The summed E-state index contributed by atoms with van der Waals surface area (Å²) in [4.78, 5) is 0. The van der Waals surface area contributed by atoms with Crippen LogP contribution in [0.5, 0.6) is 0 Å². The molecule has 0 aromatic carbocycles. The summed E-state index contributed by atoms with van der Waals surface area (Å²) in [5.74, 6) is 0. The van der Waals surface area contributed by atoms with Gasteiger partial charge in [0.2, 0.25) is 0 Å². The van der Waals surface area contributed by atoms with Gasteiger partial charge in [0, 0.05) is 18.1 Å². The molecule has 62 valence electrons. The van der Waals surface area contributed by atoms with Crippen molar-refractivity contribution in [3.8, 4) is 0 Å². The third kappa shape index (κ3) is 2.66. The summed E-state index contributed by atoms with van der Waals surface area (Å²) in [6.45, 7) is 3.19. The molecule has 0 saturated heterocycles. The number of halogens is 1. The van der Waals surface area contributed by atoms with E-state index in [1.54, 1.807) is 0 Å². The molecular formula is C8H13BrN2. The molecule has 0 amide bonds. The molecule has 0 aliphatic heterocycles. The molecule has 0 saturated carbocycles. The smallest absolute Gasteiger partial charge is 0.0522 e. The van der Waals surface area contributed by atoms with Crippen LogP contribution in [0, 0.1) is 0 Å². The minimum atomic E-state index is 1.02. The van der Waals surface area contributed by atoms with Crippen LogP contribution in [-0.4, -0.2) is 15.1 Å². The summed E-state index contributed by atoms with van der Waals surface area (Å²) in [7, 11) is 0. The summed E-state index contributed by atoms with van der Waals surface area (Å²) in [5.41, 5.74) is 1.32. The summed E-state index contributed by atoms with van der Waals surface area (Å²) in [6.07, 6.45) is 6.28. The number of aromatic nitrogens is 2. The largest absolute Gasteiger partial charge is 0.272 e. The van der Waals surface area contributed by atoms with Crippen LogP contribution >= 0.6 is 15.9 Å². The SMILES string of the molecule is CCCn1cc(CCBr)cn1. The van der Waals surface area contributed by atoms with Gasteiger partial charge >= 0.3 is 0 Å². The van der Waals surface area contributed by atoms with E-state index in [1.165, 1.54) is 5.56 Å². The number of alkyl halides is 1. The van der Waals surface area contributed by atoms with Gasteiger partial charge in [-0.25, -0.2) is 0 Å². The van der Waals surface area contributed by atoms with Crippen LogP contribution in [0.15, 0.2) is 12.4 Å². The maximum atomic E-state index is 4.22. The lowest BCUT2D eigenvalue weighted by atomic mass is 10.3. The lowest BCUT2D eigenvalue weighted by molar-refractivity contribution is 0.602. The second-order valence-corrected chi connectivity index (χ2v) is 3.34. The fourth-order valence-electron chi connectivity index (χ4n) is 0.996. The molecule has 1 heterocycles. The van der Waals surface area contributed by atoms with Gasteiger partial charge in [-0.3, -0.25) is 4.68 Å². The van der Waals surface area contributed by atoms with Gasteiger partial charge in [-0.05, 0) is 18.4 Å². The van der Waals surface area contributed by atoms with Crippen molar-refractivity contribution in [2.24, 2.45) is 0 Å². The number of nitrogens with zero attached hydrogens (tertiary/aromatic N) is 2. The first-order chi connectivity index (χ1) is 5.36. The Balaban J connectivity index is 2.51. The molecule has 1 rings (SSSR count). The number of hydrogen-bond donors (Lipinski definition) is 0. The molecule has 1 aromatic heterocycles. The highest BCUT2D eigenvalue weighted by atomic mass is 79.9. The van der Waals surface area contributed by atoms with Gasteiger partial charge in [-0.2, -0.15) is 5.10 Å². The summed E-state index contributed by atoms with van der Waals surface area (Å²) < 4.78 is 2.00. The Bertz CT molecular complexity index is 187.